The van der Waals surface area contributed by atoms with E-state index in [-0.39, 0.29) is 5.97 Å². The first kappa shape index (κ1) is 13.1. The van der Waals surface area contributed by atoms with Crippen molar-refractivity contribution in [1.82, 2.24) is 0 Å². The first-order valence-electron chi connectivity index (χ1n) is 4.63. The van der Waals surface area contributed by atoms with Crippen LogP contribution in [0.3, 0.4) is 0 Å². The highest BCUT2D eigenvalue weighted by Gasteiger charge is 2.00. The number of methoxy groups -OCH3 is 1. The first-order valence-corrected chi connectivity index (χ1v) is 4.63. The van der Waals surface area contributed by atoms with E-state index in [4.69, 9.17) is 9.47 Å². The van der Waals surface area contributed by atoms with Crippen molar-refractivity contribution in [3.8, 4) is 0 Å². The minimum absolute atomic E-state index is 0.321. The molecule has 0 saturated heterocycles. The molecule has 0 aromatic heterocycles. The molecule has 4 heteroatoms. The normalized spacial score (nSPS) is 11.5. The second-order valence-corrected chi connectivity index (χ2v) is 2.65. The lowest BCUT2D eigenvalue weighted by Crippen LogP contribution is -2.06. The molecule has 0 rings (SSSR count). The van der Waals surface area contributed by atoms with Gasteiger partial charge in [0.2, 0.25) is 0 Å². The van der Waals surface area contributed by atoms with E-state index in [1.165, 1.54) is 7.11 Å². The van der Waals surface area contributed by atoms with Crippen LogP contribution in [0.1, 0.15) is 13.8 Å². The van der Waals surface area contributed by atoms with Gasteiger partial charge in [-0.05, 0) is 19.9 Å². The Bertz CT molecular complexity index is 187. The van der Waals surface area contributed by atoms with Gasteiger partial charge in [0.05, 0.1) is 26.9 Å². The summed E-state index contributed by atoms with van der Waals surface area (Å²) in [5.41, 5.74) is 0.559. The predicted molar refractivity (Wildman–Crippen MR) is 53.1 cm³/mol. The van der Waals surface area contributed by atoms with E-state index >= 15 is 0 Å². The quantitative estimate of drug-likeness (QED) is 0.353. The van der Waals surface area contributed by atoms with E-state index in [1.807, 2.05) is 6.92 Å². The Morgan fingerprint density at radius 2 is 1.93 bits per heavy atom. The molecule has 0 bridgehead atoms. The van der Waals surface area contributed by atoms with Gasteiger partial charge in [-0.15, -0.1) is 0 Å². The summed E-state index contributed by atoms with van der Waals surface area (Å²) in [4.78, 5) is 10.9. The molecule has 4 nitrogen and oxygen atoms in total. The largest absolute Gasteiger partial charge is 0.466 e. The van der Waals surface area contributed by atoms with Gasteiger partial charge in [-0.2, -0.15) is 0 Å². The van der Waals surface area contributed by atoms with E-state index in [1.54, 1.807) is 13.0 Å². The van der Waals surface area contributed by atoms with E-state index < -0.39 is 0 Å². The molecule has 0 saturated carbocycles. The fraction of sp³-hybridized carbons (Fsp3) is 0.700. The van der Waals surface area contributed by atoms with Crippen molar-refractivity contribution < 1.29 is 19.0 Å². The lowest BCUT2D eigenvalue weighted by Gasteiger charge is -2.02. The molecular formula is C10H18O4. The summed E-state index contributed by atoms with van der Waals surface area (Å²) in [7, 11) is 1.36. The van der Waals surface area contributed by atoms with Crippen LogP contribution in [-0.4, -0.2) is 39.5 Å². The highest BCUT2D eigenvalue weighted by molar-refractivity contribution is 5.87. The Balaban J connectivity index is 3.46. The van der Waals surface area contributed by atoms with Crippen LogP contribution >= 0.6 is 0 Å². The smallest absolute Gasteiger partial charge is 0.333 e. The molecule has 0 aliphatic carbocycles. The SMILES string of the molecule is CCOCCOCC=C(C)C(=O)OC. The van der Waals surface area contributed by atoms with Crippen LogP contribution in [0.5, 0.6) is 0 Å². The van der Waals surface area contributed by atoms with Gasteiger partial charge >= 0.3 is 5.97 Å². The molecule has 0 radical (unpaired) electrons. The van der Waals surface area contributed by atoms with Crippen LogP contribution in [0, 0.1) is 0 Å². The van der Waals surface area contributed by atoms with Gasteiger partial charge in [-0.25, -0.2) is 4.79 Å². The third kappa shape index (κ3) is 6.62. The molecule has 0 atom stereocenters. The third-order valence-corrected chi connectivity index (χ3v) is 1.59. The highest BCUT2D eigenvalue weighted by Crippen LogP contribution is 1.94. The molecule has 0 aromatic carbocycles. The molecular weight excluding hydrogens is 184 g/mol. The minimum atomic E-state index is -0.321. The standard InChI is InChI=1S/C10H18O4/c1-4-13-7-8-14-6-5-9(2)10(11)12-3/h5H,4,6-8H2,1-3H3. The molecule has 0 N–H and O–H groups in total. The average Bonchev–Trinajstić information content (AvgIpc) is 2.21. The number of carbonyl (C=O) groups excluding carboxylic acids is 1. The van der Waals surface area contributed by atoms with Crippen molar-refractivity contribution >= 4 is 5.97 Å². The number of carbonyl (C=O) groups is 1. The van der Waals surface area contributed by atoms with Gasteiger partial charge in [0.25, 0.3) is 0 Å². The second kappa shape index (κ2) is 8.72. The maximum Gasteiger partial charge on any atom is 0.333 e. The number of hydrogen-bond donors (Lipinski definition) is 0. The Kier molecular flexibility index (Phi) is 8.17. The Morgan fingerprint density at radius 1 is 1.29 bits per heavy atom. The van der Waals surface area contributed by atoms with Gasteiger partial charge in [-0.1, -0.05) is 0 Å². The lowest BCUT2D eigenvalue weighted by molar-refractivity contribution is -0.136. The number of hydrogen-bond acceptors (Lipinski definition) is 4. The van der Waals surface area contributed by atoms with Crippen LogP contribution in [0.25, 0.3) is 0 Å². The molecule has 0 fully saturated rings. The zero-order valence-electron chi connectivity index (χ0n) is 9.04. The zero-order chi connectivity index (χ0) is 10.8. The summed E-state index contributed by atoms with van der Waals surface area (Å²) in [6.45, 7) is 5.86. The maximum absolute atomic E-state index is 10.9. The van der Waals surface area contributed by atoms with Gasteiger partial charge in [0.1, 0.15) is 0 Å². The van der Waals surface area contributed by atoms with Crippen molar-refractivity contribution in [3.63, 3.8) is 0 Å². The summed E-state index contributed by atoms with van der Waals surface area (Å²) in [6, 6.07) is 0. The van der Waals surface area contributed by atoms with E-state index in [9.17, 15) is 4.79 Å². The Hall–Kier alpha value is -0.870. The van der Waals surface area contributed by atoms with Gasteiger partial charge in [0.15, 0.2) is 0 Å². The van der Waals surface area contributed by atoms with Crippen LogP contribution < -0.4 is 0 Å². The maximum atomic E-state index is 10.9. The highest BCUT2D eigenvalue weighted by atomic mass is 16.5. The minimum Gasteiger partial charge on any atom is -0.466 e. The summed E-state index contributed by atoms with van der Waals surface area (Å²) >= 11 is 0. The lowest BCUT2D eigenvalue weighted by atomic mass is 10.3. The monoisotopic (exact) mass is 202 g/mol. The summed E-state index contributed by atoms with van der Waals surface area (Å²) in [6.07, 6.45) is 1.69. The van der Waals surface area contributed by atoms with Crippen molar-refractivity contribution in [2.24, 2.45) is 0 Å². The molecule has 0 heterocycles. The molecule has 0 unspecified atom stereocenters. The Morgan fingerprint density at radius 3 is 2.50 bits per heavy atom. The van der Waals surface area contributed by atoms with E-state index in [2.05, 4.69) is 4.74 Å². The van der Waals surface area contributed by atoms with Gasteiger partial charge in [0, 0.05) is 12.2 Å². The third-order valence-electron chi connectivity index (χ3n) is 1.59. The fourth-order valence-corrected chi connectivity index (χ4v) is 0.774. The van der Waals surface area contributed by atoms with Crippen molar-refractivity contribution in [3.05, 3.63) is 11.6 Å². The molecule has 0 aliphatic rings. The average molecular weight is 202 g/mol. The molecule has 0 amide bonds. The van der Waals surface area contributed by atoms with Crippen molar-refractivity contribution in [2.75, 3.05) is 33.5 Å². The summed E-state index contributed by atoms with van der Waals surface area (Å²) in [5.74, 6) is -0.321. The topological polar surface area (TPSA) is 44.8 Å². The predicted octanol–water partition coefficient (Wildman–Crippen LogP) is 1.16. The van der Waals surface area contributed by atoms with E-state index in [0.717, 1.165) is 0 Å². The van der Waals surface area contributed by atoms with Crippen LogP contribution in [0.15, 0.2) is 11.6 Å². The molecule has 0 aliphatic heterocycles. The van der Waals surface area contributed by atoms with Crippen molar-refractivity contribution in [1.29, 1.82) is 0 Å². The molecule has 0 spiro atoms. The number of ether oxygens (including phenoxy) is 3. The van der Waals surface area contributed by atoms with Crippen LogP contribution in [-0.2, 0) is 19.0 Å². The van der Waals surface area contributed by atoms with Crippen molar-refractivity contribution in [2.45, 2.75) is 13.8 Å². The zero-order valence-corrected chi connectivity index (χ0v) is 9.04. The van der Waals surface area contributed by atoms with E-state index in [0.29, 0.717) is 32.0 Å². The fourth-order valence-electron chi connectivity index (χ4n) is 0.774. The summed E-state index contributed by atoms with van der Waals surface area (Å²) < 4.78 is 14.8. The molecule has 0 aromatic rings. The van der Waals surface area contributed by atoms with Crippen LogP contribution in [0.4, 0.5) is 0 Å². The molecule has 82 valence electrons. The molecule has 14 heavy (non-hydrogen) atoms. The van der Waals surface area contributed by atoms with Gasteiger partial charge in [-0.3, -0.25) is 0 Å². The summed E-state index contributed by atoms with van der Waals surface area (Å²) in [5, 5.41) is 0. The second-order valence-electron chi connectivity index (χ2n) is 2.65. The first-order chi connectivity index (χ1) is 6.72. The number of rotatable bonds is 7. The van der Waals surface area contributed by atoms with Crippen LogP contribution in [0.2, 0.25) is 0 Å². The van der Waals surface area contributed by atoms with Gasteiger partial charge < -0.3 is 14.2 Å². The number of esters is 1. The Labute approximate surface area is 84.8 Å².